The van der Waals surface area contributed by atoms with Gasteiger partial charge in [0.1, 0.15) is 0 Å². The van der Waals surface area contributed by atoms with E-state index in [2.05, 4.69) is 55.5 Å². The second-order valence-electron chi connectivity index (χ2n) is 8.11. The van der Waals surface area contributed by atoms with Crippen molar-refractivity contribution in [2.45, 2.75) is 58.3 Å². The van der Waals surface area contributed by atoms with Crippen molar-refractivity contribution in [3.05, 3.63) is 70.8 Å². The molecule has 0 atom stereocenters. The predicted octanol–water partition coefficient (Wildman–Crippen LogP) is 0.0158. The first kappa shape index (κ1) is 22.9. The van der Waals surface area contributed by atoms with Crippen LogP contribution < -0.4 is 28.1 Å². The van der Waals surface area contributed by atoms with Crippen LogP contribution in [0, 0.1) is 0 Å². The Balaban J connectivity index is 0.00000120. The summed E-state index contributed by atoms with van der Waals surface area (Å²) in [6, 6.07) is 11.7. The molecule has 0 radical (unpaired) electrons. The summed E-state index contributed by atoms with van der Waals surface area (Å²) in [6.07, 6.45) is 17.6. The minimum absolute atomic E-state index is 0. The first-order chi connectivity index (χ1) is 13.3. The number of fused-ring (bicyclic) bond motifs is 3. The number of halogens is 2. The Morgan fingerprint density at radius 2 is 1.76 bits per heavy atom. The zero-order valence-electron chi connectivity index (χ0n) is 17.0. The summed E-state index contributed by atoms with van der Waals surface area (Å²) in [5, 5.41) is 0. The van der Waals surface area contributed by atoms with Crippen molar-refractivity contribution in [1.82, 2.24) is 0 Å². The van der Waals surface area contributed by atoms with Gasteiger partial charge in [0.15, 0.2) is 0 Å². The molecule has 3 heteroatoms. The van der Waals surface area contributed by atoms with Crippen molar-refractivity contribution >= 4 is 12.1 Å². The van der Waals surface area contributed by atoms with Crippen molar-refractivity contribution in [2.24, 2.45) is 0 Å². The maximum absolute atomic E-state index is 2.55. The van der Waals surface area contributed by atoms with Gasteiger partial charge in [-0.3, -0.25) is 0 Å². The molecular formula is C26H27Cl2Zr. The van der Waals surface area contributed by atoms with E-state index in [1.807, 2.05) is 6.48 Å². The molecule has 0 bridgehead atoms. The van der Waals surface area contributed by atoms with Crippen molar-refractivity contribution in [3.8, 4) is 11.1 Å². The zero-order valence-corrected chi connectivity index (χ0v) is 21.0. The smallest absolute Gasteiger partial charge is 1.00 e. The van der Waals surface area contributed by atoms with Gasteiger partial charge in [0.2, 0.25) is 0 Å². The monoisotopic (exact) mass is 499 g/mol. The van der Waals surface area contributed by atoms with E-state index < -0.39 is 22.8 Å². The molecule has 29 heavy (non-hydrogen) atoms. The third-order valence-electron chi connectivity index (χ3n) is 6.42. The quantitative estimate of drug-likeness (QED) is 0.475. The van der Waals surface area contributed by atoms with E-state index in [4.69, 9.17) is 0 Å². The summed E-state index contributed by atoms with van der Waals surface area (Å²) in [5.41, 5.74) is 11.1. The molecule has 0 saturated heterocycles. The summed E-state index contributed by atoms with van der Waals surface area (Å²) >= 11 is -0.685. The first-order valence-electron chi connectivity index (χ1n) is 10.6. The Morgan fingerprint density at radius 3 is 2.48 bits per heavy atom. The van der Waals surface area contributed by atoms with Gasteiger partial charge < -0.3 is 24.8 Å². The van der Waals surface area contributed by atoms with Crippen molar-refractivity contribution in [1.29, 1.82) is 0 Å². The molecule has 5 rings (SSSR count). The normalized spacial score (nSPS) is 16.3. The fraction of sp³-hybridized carbons (Fsp3) is 0.346. The second kappa shape index (κ2) is 10.0. The molecule has 0 unspecified atom stereocenters. The molecule has 2 aromatic rings. The van der Waals surface area contributed by atoms with Gasteiger partial charge >= 0.3 is 175 Å². The Bertz CT molecular complexity index is 990. The largest absolute Gasteiger partial charge is 1.00 e. The van der Waals surface area contributed by atoms with E-state index in [0.717, 1.165) is 19.3 Å². The molecule has 3 aliphatic rings. The SMILES string of the molecule is CCc1cc2c([c]([Zr+2]=[C]3CCCCC3)c1C1=CC=CC1)Cc1ccccc1-2.[Cl-].[Cl-]. The molecular weight excluding hydrogens is 474 g/mol. The Labute approximate surface area is 198 Å². The van der Waals surface area contributed by atoms with E-state index in [9.17, 15) is 0 Å². The summed E-state index contributed by atoms with van der Waals surface area (Å²) < 4.78 is 3.79. The number of rotatable bonds is 3. The fourth-order valence-electron chi connectivity index (χ4n) is 5.03. The number of hydrogen-bond acceptors (Lipinski definition) is 0. The predicted molar refractivity (Wildman–Crippen MR) is 114 cm³/mol. The van der Waals surface area contributed by atoms with Gasteiger partial charge in [-0.1, -0.05) is 0 Å². The van der Waals surface area contributed by atoms with Crippen molar-refractivity contribution in [2.75, 3.05) is 0 Å². The molecule has 0 N–H and O–H groups in total. The minimum atomic E-state index is -0.685. The van der Waals surface area contributed by atoms with Gasteiger partial charge in [-0.05, 0) is 0 Å². The van der Waals surface area contributed by atoms with E-state index in [1.54, 1.807) is 33.4 Å². The van der Waals surface area contributed by atoms with Gasteiger partial charge in [0.05, 0.1) is 0 Å². The van der Waals surface area contributed by atoms with Crippen LogP contribution in [0.3, 0.4) is 0 Å². The second-order valence-corrected chi connectivity index (χ2v) is 11.7. The van der Waals surface area contributed by atoms with Crippen LogP contribution in [0.25, 0.3) is 16.7 Å². The maximum atomic E-state index is 2.55. The summed E-state index contributed by atoms with van der Waals surface area (Å²) in [4.78, 5) is 0. The zero-order chi connectivity index (χ0) is 18.2. The van der Waals surface area contributed by atoms with Crippen molar-refractivity contribution in [3.63, 3.8) is 0 Å². The molecule has 1 saturated carbocycles. The molecule has 3 aliphatic carbocycles. The third-order valence-corrected chi connectivity index (χ3v) is 10.5. The van der Waals surface area contributed by atoms with Crippen LogP contribution in [0.1, 0.15) is 67.7 Å². The maximum Gasteiger partial charge on any atom is -1.00 e. The topological polar surface area (TPSA) is 0 Å². The first-order valence-corrected chi connectivity index (χ1v) is 13.1. The van der Waals surface area contributed by atoms with Crippen molar-refractivity contribution < 1.29 is 47.6 Å². The van der Waals surface area contributed by atoms with Crippen LogP contribution in [0.5, 0.6) is 0 Å². The van der Waals surface area contributed by atoms with E-state index in [0.29, 0.717) is 0 Å². The average molecular weight is 502 g/mol. The van der Waals surface area contributed by atoms with Gasteiger partial charge in [-0.2, -0.15) is 0 Å². The minimum Gasteiger partial charge on any atom is -1.00 e. The Hall–Kier alpha value is -0.747. The van der Waals surface area contributed by atoms with Crippen LogP contribution in [0.2, 0.25) is 0 Å². The van der Waals surface area contributed by atoms with Crippen LogP contribution in [0.4, 0.5) is 0 Å². The van der Waals surface area contributed by atoms with E-state index in [-0.39, 0.29) is 24.8 Å². The third kappa shape index (κ3) is 4.34. The van der Waals surface area contributed by atoms with Gasteiger partial charge in [0.25, 0.3) is 0 Å². The molecule has 0 aromatic heterocycles. The molecule has 0 nitrogen and oxygen atoms in total. The average Bonchev–Trinajstić information content (AvgIpc) is 3.36. The van der Waals surface area contributed by atoms with Crippen LogP contribution >= 0.6 is 0 Å². The molecule has 0 aliphatic heterocycles. The van der Waals surface area contributed by atoms with E-state index >= 15 is 0 Å². The Morgan fingerprint density at radius 1 is 0.966 bits per heavy atom. The van der Waals surface area contributed by atoms with Crippen LogP contribution in [0.15, 0.2) is 48.6 Å². The molecule has 1 fully saturated rings. The summed E-state index contributed by atoms with van der Waals surface area (Å²) in [7, 11) is 0. The van der Waals surface area contributed by atoms with Crippen LogP contribution in [-0.2, 0) is 35.6 Å². The Kier molecular flexibility index (Phi) is 7.94. The van der Waals surface area contributed by atoms with Gasteiger partial charge in [-0.15, -0.1) is 0 Å². The van der Waals surface area contributed by atoms with Gasteiger partial charge in [-0.25, -0.2) is 0 Å². The van der Waals surface area contributed by atoms with E-state index in [1.165, 1.54) is 37.7 Å². The summed E-state index contributed by atoms with van der Waals surface area (Å²) in [6.45, 7) is 2.34. The van der Waals surface area contributed by atoms with Gasteiger partial charge in [0, 0.05) is 0 Å². The fourth-order valence-corrected chi connectivity index (χ4v) is 9.40. The van der Waals surface area contributed by atoms with Crippen LogP contribution in [-0.4, -0.2) is 3.21 Å². The number of aryl methyl sites for hydroxylation is 1. The molecule has 0 heterocycles. The molecule has 0 amide bonds. The molecule has 0 spiro atoms. The molecule has 149 valence electrons. The number of allylic oxidation sites excluding steroid dienone is 4. The standard InChI is InChI=1S/C20H17.C6H10.2ClH.Zr/c1-2-14-12-20-17(11-16-9-5-6-10-18(16)20)13-19(14)15-7-3-4-8-15;1-2-4-6-5-3-1;;;/h3-7,9-10,12H,2,8,11H2,1H3;1-5H2;2*1H;/q;;;;+2/p-2. The number of hydrogen-bond donors (Lipinski definition) is 0. The number of benzene rings is 2. The summed E-state index contributed by atoms with van der Waals surface area (Å²) in [5.74, 6) is 0. The molecule has 2 aromatic carbocycles.